The molecule has 5 atom stereocenters. The summed E-state index contributed by atoms with van der Waals surface area (Å²) in [5.41, 5.74) is -0.539. The molecule has 1 spiro atoms. The van der Waals surface area contributed by atoms with Crippen LogP contribution in [0.3, 0.4) is 0 Å². The molecule has 5 heteroatoms. The average Bonchev–Trinajstić information content (AvgIpc) is 2.58. The predicted molar refractivity (Wildman–Crippen MR) is 66.2 cm³/mol. The lowest BCUT2D eigenvalue weighted by Gasteiger charge is -2.46. The van der Waals surface area contributed by atoms with Crippen molar-refractivity contribution in [2.45, 2.75) is 70.2 Å². The second-order valence-corrected chi connectivity index (χ2v) is 5.76. The van der Waals surface area contributed by atoms with Gasteiger partial charge in [0, 0.05) is 19.3 Å². The SMILES string of the molecule is CCC1CC(=O)OC2CCOC3(C)OC(CC)C12O3. The number of esters is 1. The molecular weight excluding hydrogens is 248 g/mol. The van der Waals surface area contributed by atoms with Crippen molar-refractivity contribution in [3.05, 3.63) is 0 Å². The predicted octanol–water partition coefficient (Wildman–Crippen LogP) is 1.99. The van der Waals surface area contributed by atoms with Gasteiger partial charge in [-0.2, -0.15) is 0 Å². The molecule has 19 heavy (non-hydrogen) atoms. The molecule has 0 radical (unpaired) electrons. The fourth-order valence-corrected chi connectivity index (χ4v) is 3.87. The quantitative estimate of drug-likeness (QED) is 0.718. The third kappa shape index (κ3) is 1.82. The van der Waals surface area contributed by atoms with E-state index >= 15 is 0 Å². The summed E-state index contributed by atoms with van der Waals surface area (Å²) in [7, 11) is 0. The fourth-order valence-electron chi connectivity index (χ4n) is 3.87. The van der Waals surface area contributed by atoms with Gasteiger partial charge in [0.2, 0.25) is 0 Å². The van der Waals surface area contributed by atoms with Crippen LogP contribution < -0.4 is 0 Å². The summed E-state index contributed by atoms with van der Waals surface area (Å²) in [6.07, 6.45) is 2.44. The van der Waals surface area contributed by atoms with Gasteiger partial charge in [-0.1, -0.05) is 13.8 Å². The molecule has 0 aliphatic carbocycles. The standard InChI is InChI=1S/C14H22O5/c1-4-9-8-12(15)17-11-6-7-16-13(3)18-10(5-2)14(9,11)19-13/h9-11H,4-8H2,1-3H3. The Morgan fingerprint density at radius 2 is 2.11 bits per heavy atom. The van der Waals surface area contributed by atoms with E-state index in [2.05, 4.69) is 13.8 Å². The molecule has 2 bridgehead atoms. The molecule has 3 aliphatic rings. The zero-order chi connectivity index (χ0) is 13.7. The first kappa shape index (κ1) is 13.3. The van der Waals surface area contributed by atoms with Gasteiger partial charge in [0.15, 0.2) is 0 Å². The van der Waals surface area contributed by atoms with Gasteiger partial charge in [-0.15, -0.1) is 0 Å². The smallest absolute Gasteiger partial charge is 0.306 e. The van der Waals surface area contributed by atoms with Crippen molar-refractivity contribution in [3.63, 3.8) is 0 Å². The van der Waals surface area contributed by atoms with E-state index in [-0.39, 0.29) is 24.1 Å². The highest BCUT2D eigenvalue weighted by Crippen LogP contribution is 2.52. The van der Waals surface area contributed by atoms with Crippen molar-refractivity contribution in [1.29, 1.82) is 0 Å². The molecule has 0 aromatic heterocycles. The van der Waals surface area contributed by atoms with Crippen LogP contribution in [0.5, 0.6) is 0 Å². The molecule has 0 aromatic rings. The van der Waals surface area contributed by atoms with Gasteiger partial charge in [0.1, 0.15) is 11.7 Å². The molecule has 0 amide bonds. The Balaban J connectivity index is 2.04. The van der Waals surface area contributed by atoms with E-state index in [9.17, 15) is 4.79 Å². The Morgan fingerprint density at radius 3 is 2.79 bits per heavy atom. The Kier molecular flexibility index (Phi) is 3.11. The average molecular weight is 270 g/mol. The molecule has 5 unspecified atom stereocenters. The Labute approximate surface area is 113 Å². The van der Waals surface area contributed by atoms with Crippen LogP contribution in [0.25, 0.3) is 0 Å². The van der Waals surface area contributed by atoms with E-state index in [0.29, 0.717) is 19.4 Å². The maximum Gasteiger partial charge on any atom is 0.306 e. The zero-order valence-corrected chi connectivity index (χ0v) is 11.8. The number of carbonyl (C=O) groups excluding carboxylic acids is 1. The minimum Gasteiger partial charge on any atom is -0.459 e. The largest absolute Gasteiger partial charge is 0.459 e. The third-order valence-electron chi connectivity index (χ3n) is 4.66. The van der Waals surface area contributed by atoms with E-state index in [0.717, 1.165) is 12.8 Å². The van der Waals surface area contributed by atoms with E-state index in [1.54, 1.807) is 0 Å². The summed E-state index contributed by atoms with van der Waals surface area (Å²) in [6, 6.07) is 0. The maximum atomic E-state index is 11.8. The van der Waals surface area contributed by atoms with Gasteiger partial charge >= 0.3 is 5.97 Å². The molecule has 3 heterocycles. The number of fused-ring (bicyclic) bond motifs is 1. The summed E-state index contributed by atoms with van der Waals surface area (Å²) in [5.74, 6) is -0.990. The first-order valence-corrected chi connectivity index (χ1v) is 7.25. The summed E-state index contributed by atoms with van der Waals surface area (Å²) in [5, 5.41) is 0. The van der Waals surface area contributed by atoms with Crippen molar-refractivity contribution in [3.8, 4) is 0 Å². The lowest BCUT2D eigenvalue weighted by Crippen LogP contribution is -2.60. The number of ether oxygens (including phenoxy) is 4. The van der Waals surface area contributed by atoms with Crippen LogP contribution >= 0.6 is 0 Å². The number of hydrogen-bond donors (Lipinski definition) is 0. The van der Waals surface area contributed by atoms with Gasteiger partial charge in [-0.3, -0.25) is 4.79 Å². The minimum atomic E-state index is -0.993. The highest BCUT2D eigenvalue weighted by molar-refractivity contribution is 5.71. The highest BCUT2D eigenvalue weighted by Gasteiger charge is 2.66. The molecule has 3 fully saturated rings. The van der Waals surface area contributed by atoms with Gasteiger partial charge in [0.05, 0.1) is 19.1 Å². The first-order valence-electron chi connectivity index (χ1n) is 7.25. The summed E-state index contributed by atoms with van der Waals surface area (Å²) < 4.78 is 23.5. The van der Waals surface area contributed by atoms with Crippen LogP contribution in [0.4, 0.5) is 0 Å². The van der Waals surface area contributed by atoms with Crippen molar-refractivity contribution >= 4 is 5.97 Å². The van der Waals surface area contributed by atoms with Crippen LogP contribution in [0.15, 0.2) is 0 Å². The minimum absolute atomic E-state index is 0.0825. The van der Waals surface area contributed by atoms with Crippen molar-refractivity contribution in [2.75, 3.05) is 6.61 Å². The molecule has 3 rings (SSSR count). The molecule has 3 saturated heterocycles. The Morgan fingerprint density at radius 1 is 1.32 bits per heavy atom. The van der Waals surface area contributed by atoms with Crippen LogP contribution in [-0.4, -0.2) is 36.4 Å². The molecule has 0 N–H and O–H groups in total. The summed E-state index contributed by atoms with van der Waals surface area (Å²) in [4.78, 5) is 11.8. The van der Waals surface area contributed by atoms with Crippen LogP contribution in [-0.2, 0) is 23.7 Å². The summed E-state index contributed by atoms with van der Waals surface area (Å²) in [6.45, 7) is 6.47. The second-order valence-electron chi connectivity index (χ2n) is 5.76. The number of carbonyl (C=O) groups is 1. The van der Waals surface area contributed by atoms with E-state index in [1.807, 2.05) is 6.92 Å². The fraction of sp³-hybridized carbons (Fsp3) is 0.929. The number of rotatable bonds is 2. The topological polar surface area (TPSA) is 54.0 Å². The molecule has 3 aliphatic heterocycles. The molecule has 5 nitrogen and oxygen atoms in total. The van der Waals surface area contributed by atoms with E-state index in [1.165, 1.54) is 0 Å². The van der Waals surface area contributed by atoms with E-state index in [4.69, 9.17) is 18.9 Å². The normalized spacial score (nSPS) is 49.4. The Hall–Kier alpha value is -0.650. The lowest BCUT2D eigenvalue weighted by molar-refractivity contribution is -0.335. The van der Waals surface area contributed by atoms with Crippen molar-refractivity contribution in [1.82, 2.24) is 0 Å². The lowest BCUT2D eigenvalue weighted by atomic mass is 9.72. The molecule has 108 valence electrons. The Bertz CT molecular complexity index is 384. The van der Waals surface area contributed by atoms with Crippen LogP contribution in [0.2, 0.25) is 0 Å². The van der Waals surface area contributed by atoms with Crippen molar-refractivity contribution < 1.29 is 23.7 Å². The zero-order valence-electron chi connectivity index (χ0n) is 11.8. The van der Waals surface area contributed by atoms with Crippen molar-refractivity contribution in [2.24, 2.45) is 5.92 Å². The monoisotopic (exact) mass is 270 g/mol. The first-order chi connectivity index (χ1) is 9.04. The highest BCUT2D eigenvalue weighted by atomic mass is 16.9. The molecule has 0 saturated carbocycles. The number of hydrogen-bond acceptors (Lipinski definition) is 5. The van der Waals surface area contributed by atoms with Gasteiger partial charge in [-0.05, 0) is 12.8 Å². The van der Waals surface area contributed by atoms with E-state index < -0.39 is 11.6 Å². The molecule has 0 aromatic carbocycles. The summed E-state index contributed by atoms with van der Waals surface area (Å²) >= 11 is 0. The van der Waals surface area contributed by atoms with Gasteiger partial charge < -0.3 is 18.9 Å². The third-order valence-corrected chi connectivity index (χ3v) is 4.66. The maximum absolute atomic E-state index is 11.8. The molecular formula is C14H22O5. The van der Waals surface area contributed by atoms with Crippen LogP contribution in [0, 0.1) is 5.92 Å². The second kappa shape index (κ2) is 4.43. The van der Waals surface area contributed by atoms with Gasteiger partial charge in [-0.25, -0.2) is 0 Å². The van der Waals surface area contributed by atoms with Crippen LogP contribution in [0.1, 0.15) is 46.5 Å². The van der Waals surface area contributed by atoms with Gasteiger partial charge in [0.25, 0.3) is 5.97 Å².